The summed E-state index contributed by atoms with van der Waals surface area (Å²) in [5.74, 6) is -0.477. The Morgan fingerprint density at radius 2 is 2.00 bits per heavy atom. The highest BCUT2D eigenvalue weighted by Crippen LogP contribution is 2.33. The molecule has 11 heteroatoms. The summed E-state index contributed by atoms with van der Waals surface area (Å²) < 4.78 is 63.4. The van der Waals surface area contributed by atoms with Crippen LogP contribution in [0.5, 0.6) is 11.5 Å². The fourth-order valence-electron chi connectivity index (χ4n) is 3.89. The van der Waals surface area contributed by atoms with Gasteiger partial charge in [0.2, 0.25) is 5.91 Å². The van der Waals surface area contributed by atoms with Gasteiger partial charge in [-0.25, -0.2) is 0 Å². The van der Waals surface area contributed by atoms with Gasteiger partial charge in [-0.2, -0.15) is 17.2 Å². The van der Waals surface area contributed by atoms with E-state index in [1.165, 1.54) is 31.4 Å². The molecule has 2 heterocycles. The molecule has 0 aliphatic carbocycles. The van der Waals surface area contributed by atoms with Crippen molar-refractivity contribution in [2.45, 2.75) is 24.3 Å². The van der Waals surface area contributed by atoms with Crippen molar-refractivity contribution in [3.05, 3.63) is 48.0 Å². The molecule has 0 spiro atoms. The minimum atomic E-state index is -3.75. The number of anilines is 1. The van der Waals surface area contributed by atoms with Gasteiger partial charge in [-0.3, -0.25) is 4.79 Å². The summed E-state index contributed by atoms with van der Waals surface area (Å²) in [4.78, 5) is 14.8. The maximum atomic E-state index is 12.9. The summed E-state index contributed by atoms with van der Waals surface area (Å²) in [6.45, 7) is -2.18. The van der Waals surface area contributed by atoms with Crippen molar-refractivity contribution in [1.82, 2.24) is 4.90 Å². The first kappa shape index (κ1) is 22.0. The molecule has 32 heavy (non-hydrogen) atoms. The number of carbonyl (C=O) groups is 1. The first-order valence-corrected chi connectivity index (χ1v) is 11.4. The predicted octanol–water partition coefficient (Wildman–Crippen LogP) is 3.10. The molecule has 2 aromatic carbocycles. The maximum absolute atomic E-state index is 12.9. The zero-order valence-electron chi connectivity index (χ0n) is 17.1. The van der Waals surface area contributed by atoms with Crippen molar-refractivity contribution in [1.29, 1.82) is 0 Å². The fraction of sp³-hybridized carbons (Fsp3) is 0.333. The second kappa shape index (κ2) is 8.73. The van der Waals surface area contributed by atoms with Crippen LogP contribution < -0.4 is 14.8 Å². The molecular formula is C21H21F2N3O5S. The van der Waals surface area contributed by atoms with Crippen molar-refractivity contribution in [2.75, 3.05) is 25.5 Å². The Hall–Kier alpha value is -3.21. The van der Waals surface area contributed by atoms with Gasteiger partial charge in [0, 0.05) is 30.4 Å². The number of amidine groups is 1. The Bertz CT molecular complexity index is 1170. The minimum absolute atomic E-state index is 0.117. The van der Waals surface area contributed by atoms with Crippen LogP contribution in [0, 0.1) is 5.92 Å². The van der Waals surface area contributed by atoms with E-state index in [2.05, 4.69) is 14.5 Å². The van der Waals surface area contributed by atoms with Crippen LogP contribution in [-0.4, -0.2) is 51.9 Å². The zero-order chi connectivity index (χ0) is 22.9. The van der Waals surface area contributed by atoms with E-state index in [9.17, 15) is 22.0 Å². The lowest BCUT2D eigenvalue weighted by Gasteiger charge is -2.33. The number of amides is 1. The monoisotopic (exact) mass is 465 g/mol. The van der Waals surface area contributed by atoms with Gasteiger partial charge >= 0.3 is 6.61 Å². The van der Waals surface area contributed by atoms with E-state index in [4.69, 9.17) is 4.74 Å². The molecule has 170 valence electrons. The molecule has 0 radical (unpaired) electrons. The van der Waals surface area contributed by atoms with Crippen molar-refractivity contribution in [3.63, 3.8) is 0 Å². The van der Waals surface area contributed by atoms with Crippen LogP contribution in [0.15, 0.2) is 51.8 Å². The lowest BCUT2D eigenvalue weighted by molar-refractivity contribution is -0.121. The number of nitrogens with one attached hydrogen (secondary N) is 1. The Kier molecular flexibility index (Phi) is 6.00. The Morgan fingerprint density at radius 3 is 2.75 bits per heavy atom. The third kappa shape index (κ3) is 4.38. The Morgan fingerprint density at radius 1 is 1.22 bits per heavy atom. The van der Waals surface area contributed by atoms with Gasteiger partial charge in [0.15, 0.2) is 17.3 Å². The molecule has 4 rings (SSSR count). The van der Waals surface area contributed by atoms with E-state index in [1.807, 2.05) is 0 Å². The van der Waals surface area contributed by atoms with E-state index in [0.29, 0.717) is 30.8 Å². The first-order valence-electron chi connectivity index (χ1n) is 9.91. The number of piperidine rings is 1. The van der Waals surface area contributed by atoms with E-state index < -0.39 is 22.6 Å². The van der Waals surface area contributed by atoms with Crippen LogP contribution in [0.1, 0.15) is 18.4 Å². The van der Waals surface area contributed by atoms with E-state index in [0.717, 1.165) is 0 Å². The number of hydrogen-bond acceptors (Lipinski definition) is 6. The summed E-state index contributed by atoms with van der Waals surface area (Å²) >= 11 is 0. The molecule has 8 nitrogen and oxygen atoms in total. The topological polar surface area (TPSA) is 97.3 Å². The first-order chi connectivity index (χ1) is 15.3. The molecule has 2 aliphatic heterocycles. The number of halogens is 2. The molecule has 0 aromatic heterocycles. The van der Waals surface area contributed by atoms with Crippen LogP contribution in [0.3, 0.4) is 0 Å². The summed E-state index contributed by atoms with van der Waals surface area (Å²) in [5, 5.41) is 2.72. The van der Waals surface area contributed by atoms with Gasteiger partial charge < -0.3 is 19.7 Å². The number of fused-ring (bicyclic) bond motifs is 1. The average Bonchev–Trinajstić information content (AvgIpc) is 3.05. The van der Waals surface area contributed by atoms with Crippen molar-refractivity contribution in [3.8, 4) is 11.5 Å². The summed E-state index contributed by atoms with van der Waals surface area (Å²) in [6.07, 6.45) is 1.27. The van der Waals surface area contributed by atoms with Crippen LogP contribution in [0.4, 0.5) is 14.5 Å². The second-order valence-corrected chi connectivity index (χ2v) is 8.98. The van der Waals surface area contributed by atoms with Gasteiger partial charge in [0.25, 0.3) is 10.0 Å². The van der Waals surface area contributed by atoms with Gasteiger partial charge in [0.1, 0.15) is 4.90 Å². The zero-order valence-corrected chi connectivity index (χ0v) is 17.9. The van der Waals surface area contributed by atoms with Crippen LogP contribution >= 0.6 is 0 Å². The molecule has 1 N–H and O–H groups in total. The highest BCUT2D eigenvalue weighted by molar-refractivity contribution is 7.90. The minimum Gasteiger partial charge on any atom is -0.493 e. The third-order valence-electron chi connectivity index (χ3n) is 5.35. The van der Waals surface area contributed by atoms with Crippen molar-refractivity contribution in [2.24, 2.45) is 10.3 Å². The smallest absolute Gasteiger partial charge is 0.387 e. The van der Waals surface area contributed by atoms with E-state index in [-0.39, 0.29) is 34.5 Å². The van der Waals surface area contributed by atoms with E-state index in [1.54, 1.807) is 23.1 Å². The molecule has 2 aromatic rings. The predicted molar refractivity (Wildman–Crippen MR) is 113 cm³/mol. The van der Waals surface area contributed by atoms with E-state index >= 15 is 0 Å². The number of rotatable bonds is 5. The number of alkyl halides is 2. The number of ether oxygens (including phenoxy) is 2. The molecule has 0 saturated carbocycles. The highest BCUT2D eigenvalue weighted by Gasteiger charge is 2.35. The lowest BCUT2D eigenvalue weighted by Crippen LogP contribution is -2.43. The van der Waals surface area contributed by atoms with Gasteiger partial charge in [-0.1, -0.05) is 12.1 Å². The highest BCUT2D eigenvalue weighted by atomic mass is 32.2. The fourth-order valence-corrected chi connectivity index (χ4v) is 5.11. The molecule has 1 unspecified atom stereocenters. The quantitative estimate of drug-likeness (QED) is 0.729. The van der Waals surface area contributed by atoms with Gasteiger partial charge in [-0.05, 0) is 37.1 Å². The van der Waals surface area contributed by atoms with Gasteiger partial charge in [0.05, 0.1) is 13.0 Å². The molecule has 1 amide bonds. The molecule has 1 atom stereocenters. The molecule has 0 bridgehead atoms. The van der Waals surface area contributed by atoms with Gasteiger partial charge in [-0.15, -0.1) is 4.40 Å². The van der Waals surface area contributed by atoms with Crippen molar-refractivity contribution >= 4 is 27.5 Å². The molecule has 1 fully saturated rings. The SMILES string of the molecule is COc1ccc(NC(=O)C2CCCN(C3=NS(=O)(=O)c4ccccc43)C2)cc1OC(F)F. The summed E-state index contributed by atoms with van der Waals surface area (Å²) in [5.41, 5.74) is 0.812. The Balaban J connectivity index is 1.49. The number of methoxy groups -OCH3 is 1. The number of nitrogens with zero attached hydrogens (tertiary/aromatic N) is 2. The van der Waals surface area contributed by atoms with Crippen LogP contribution in [0.25, 0.3) is 0 Å². The summed E-state index contributed by atoms with van der Waals surface area (Å²) in [6, 6.07) is 10.8. The number of carbonyl (C=O) groups excluding carboxylic acids is 1. The second-order valence-electron chi connectivity index (χ2n) is 7.40. The van der Waals surface area contributed by atoms with Crippen molar-refractivity contribution < 1.29 is 31.5 Å². The third-order valence-corrected chi connectivity index (χ3v) is 6.68. The molecular weight excluding hydrogens is 444 g/mol. The molecule has 1 saturated heterocycles. The largest absolute Gasteiger partial charge is 0.493 e. The maximum Gasteiger partial charge on any atom is 0.387 e. The number of sulfonamides is 1. The summed E-state index contributed by atoms with van der Waals surface area (Å²) in [7, 11) is -2.43. The molecule has 2 aliphatic rings. The normalized spacial score (nSPS) is 19.3. The number of benzene rings is 2. The lowest BCUT2D eigenvalue weighted by atomic mass is 9.96. The Labute approximate surface area is 183 Å². The number of likely N-dealkylation sites (tertiary alicyclic amines) is 1. The average molecular weight is 465 g/mol. The van der Waals surface area contributed by atoms with Crippen LogP contribution in [0.2, 0.25) is 0 Å². The number of hydrogen-bond donors (Lipinski definition) is 1. The van der Waals surface area contributed by atoms with Crippen LogP contribution in [-0.2, 0) is 14.8 Å². The standard InChI is InChI=1S/C21H21F2N3O5S/c1-30-16-9-8-14(11-17(16)31-21(22)23)24-20(27)13-5-4-10-26(12-13)19-15-6-2-3-7-18(15)32(28,29)25-19/h2-3,6-9,11,13,21H,4-5,10,12H2,1H3,(H,24,27).